The third-order valence-corrected chi connectivity index (χ3v) is 3.90. The summed E-state index contributed by atoms with van der Waals surface area (Å²) in [5.41, 5.74) is 2.94. The van der Waals surface area contributed by atoms with E-state index in [4.69, 9.17) is 4.74 Å². The molecule has 3 rings (SSSR count). The number of fused-ring (bicyclic) bond motifs is 1. The molecular formula is C14H13BrN4O2. The van der Waals surface area contributed by atoms with Crippen molar-refractivity contribution in [3.8, 4) is 5.69 Å². The van der Waals surface area contributed by atoms with Crippen LogP contribution in [0.3, 0.4) is 0 Å². The van der Waals surface area contributed by atoms with Crippen LogP contribution in [0.4, 0.5) is 0 Å². The van der Waals surface area contributed by atoms with E-state index in [2.05, 4.69) is 25.9 Å². The van der Waals surface area contributed by atoms with Gasteiger partial charge in [0.05, 0.1) is 24.6 Å². The van der Waals surface area contributed by atoms with Crippen molar-refractivity contribution in [1.82, 2.24) is 18.9 Å². The number of rotatable bonds is 2. The molecule has 0 spiro atoms. The number of hydrogen-bond donors (Lipinski definition) is 0. The normalized spacial score (nSPS) is 11.0. The molecule has 0 aliphatic carbocycles. The number of methoxy groups -OCH3 is 1. The highest BCUT2D eigenvalue weighted by Gasteiger charge is 2.17. The fourth-order valence-electron chi connectivity index (χ4n) is 2.36. The first-order chi connectivity index (χ1) is 10.0. The summed E-state index contributed by atoms with van der Waals surface area (Å²) in [5, 5.41) is 0. The lowest BCUT2D eigenvalue weighted by Gasteiger charge is -2.11. The molecule has 0 saturated heterocycles. The number of ether oxygens (including phenoxy) is 1. The fraction of sp³-hybridized carbons (Fsp3) is 0.214. The van der Waals surface area contributed by atoms with E-state index in [-0.39, 0.29) is 0 Å². The third kappa shape index (κ3) is 2.13. The molecule has 3 heterocycles. The Bertz CT molecular complexity index is 831. The molecule has 0 unspecified atom stereocenters. The Morgan fingerprint density at radius 3 is 2.67 bits per heavy atom. The summed E-state index contributed by atoms with van der Waals surface area (Å²) in [4.78, 5) is 20.6. The van der Waals surface area contributed by atoms with Crippen molar-refractivity contribution in [2.45, 2.75) is 13.8 Å². The monoisotopic (exact) mass is 348 g/mol. The predicted molar refractivity (Wildman–Crippen MR) is 80.8 cm³/mol. The van der Waals surface area contributed by atoms with E-state index < -0.39 is 5.97 Å². The fourth-order valence-corrected chi connectivity index (χ4v) is 2.73. The topological polar surface area (TPSA) is 61.4 Å². The van der Waals surface area contributed by atoms with Crippen LogP contribution >= 0.6 is 15.9 Å². The quantitative estimate of drug-likeness (QED) is 0.668. The van der Waals surface area contributed by atoms with Gasteiger partial charge in [-0.25, -0.2) is 14.8 Å². The Morgan fingerprint density at radius 1 is 1.29 bits per heavy atom. The Labute approximate surface area is 129 Å². The molecule has 7 heteroatoms. The zero-order valence-electron chi connectivity index (χ0n) is 11.8. The molecule has 3 aromatic heterocycles. The first-order valence-electron chi connectivity index (χ1n) is 6.29. The number of imidazole rings is 2. The number of carbonyl (C=O) groups is 1. The second-order valence-corrected chi connectivity index (χ2v) is 5.47. The third-order valence-electron chi connectivity index (χ3n) is 3.32. The molecule has 0 atom stereocenters. The molecule has 0 radical (unpaired) electrons. The van der Waals surface area contributed by atoms with Crippen LogP contribution in [0.5, 0.6) is 0 Å². The molecule has 0 aliphatic heterocycles. The Hall–Kier alpha value is -2.15. The smallest absolute Gasteiger partial charge is 0.339 e. The Balaban J connectivity index is 2.38. The minimum absolute atomic E-state index is 0.394. The molecule has 108 valence electrons. The van der Waals surface area contributed by atoms with Crippen LogP contribution < -0.4 is 0 Å². The van der Waals surface area contributed by atoms with E-state index in [1.54, 1.807) is 29.1 Å². The number of aromatic nitrogens is 4. The van der Waals surface area contributed by atoms with Gasteiger partial charge in [-0.1, -0.05) is 0 Å². The molecule has 0 amide bonds. The molecule has 6 nitrogen and oxygen atoms in total. The maximum Gasteiger partial charge on any atom is 0.339 e. The van der Waals surface area contributed by atoms with Crippen molar-refractivity contribution in [1.29, 1.82) is 0 Å². The number of hydrogen-bond acceptors (Lipinski definition) is 4. The molecule has 21 heavy (non-hydrogen) atoms. The minimum atomic E-state index is -0.394. The maximum absolute atomic E-state index is 11.9. The van der Waals surface area contributed by atoms with Gasteiger partial charge in [-0.05, 0) is 35.8 Å². The van der Waals surface area contributed by atoms with Gasteiger partial charge in [0.25, 0.3) is 0 Å². The maximum atomic E-state index is 11.9. The van der Waals surface area contributed by atoms with Crippen LogP contribution in [0.2, 0.25) is 0 Å². The van der Waals surface area contributed by atoms with Crippen molar-refractivity contribution < 1.29 is 9.53 Å². The van der Waals surface area contributed by atoms with Crippen LogP contribution in [-0.4, -0.2) is 32.0 Å². The van der Waals surface area contributed by atoms with E-state index in [0.29, 0.717) is 5.56 Å². The molecule has 0 aromatic carbocycles. The Morgan fingerprint density at radius 2 is 2.05 bits per heavy atom. The SMILES string of the molecule is COC(=O)c1cc(-n2c(C)cnc2C)c2ncc(Br)n2c1. The molecular weight excluding hydrogens is 336 g/mol. The van der Waals surface area contributed by atoms with Crippen molar-refractivity contribution in [2.24, 2.45) is 0 Å². The zero-order valence-corrected chi connectivity index (χ0v) is 13.4. The first kappa shape index (κ1) is 13.8. The van der Waals surface area contributed by atoms with Gasteiger partial charge in [-0.2, -0.15) is 0 Å². The molecule has 0 aliphatic rings. The summed E-state index contributed by atoms with van der Waals surface area (Å²) in [6.45, 7) is 3.87. The average molecular weight is 349 g/mol. The van der Waals surface area contributed by atoms with Gasteiger partial charge in [0.2, 0.25) is 0 Å². The van der Waals surface area contributed by atoms with Gasteiger partial charge in [0.15, 0.2) is 5.65 Å². The van der Waals surface area contributed by atoms with Crippen LogP contribution in [0.1, 0.15) is 21.9 Å². The minimum Gasteiger partial charge on any atom is -0.465 e. The molecule has 0 N–H and O–H groups in total. The summed E-state index contributed by atoms with van der Waals surface area (Å²) >= 11 is 3.43. The summed E-state index contributed by atoms with van der Waals surface area (Å²) < 4.78 is 9.35. The highest BCUT2D eigenvalue weighted by Crippen LogP contribution is 2.24. The number of pyridine rings is 1. The van der Waals surface area contributed by atoms with Gasteiger partial charge >= 0.3 is 5.97 Å². The van der Waals surface area contributed by atoms with E-state index in [0.717, 1.165) is 27.5 Å². The van der Waals surface area contributed by atoms with Crippen LogP contribution in [0, 0.1) is 13.8 Å². The van der Waals surface area contributed by atoms with E-state index in [1.807, 2.05) is 18.4 Å². The van der Waals surface area contributed by atoms with E-state index in [1.165, 1.54) is 7.11 Å². The lowest BCUT2D eigenvalue weighted by atomic mass is 10.2. The Kier molecular flexibility index (Phi) is 3.29. The molecule has 0 bridgehead atoms. The average Bonchev–Trinajstić information content (AvgIpc) is 3.01. The van der Waals surface area contributed by atoms with Crippen LogP contribution in [0.25, 0.3) is 11.3 Å². The van der Waals surface area contributed by atoms with E-state index >= 15 is 0 Å². The first-order valence-corrected chi connectivity index (χ1v) is 7.08. The van der Waals surface area contributed by atoms with Crippen LogP contribution in [0.15, 0.2) is 29.3 Å². The predicted octanol–water partition coefficient (Wildman–Crippen LogP) is 2.69. The van der Waals surface area contributed by atoms with Crippen molar-refractivity contribution >= 4 is 27.5 Å². The second kappa shape index (κ2) is 5.00. The number of halogens is 1. The van der Waals surface area contributed by atoms with Crippen LogP contribution in [-0.2, 0) is 4.74 Å². The van der Waals surface area contributed by atoms with Crippen molar-refractivity contribution in [2.75, 3.05) is 7.11 Å². The van der Waals surface area contributed by atoms with Crippen molar-refractivity contribution in [3.05, 3.63) is 46.3 Å². The summed E-state index contributed by atoms with van der Waals surface area (Å²) in [7, 11) is 1.36. The standard InChI is InChI=1S/C14H13BrN4O2/c1-8-5-16-9(2)19(8)11-4-10(14(20)21-3)7-18-12(15)6-17-13(11)18/h4-7H,1-3H3. The lowest BCUT2D eigenvalue weighted by Crippen LogP contribution is -2.08. The molecule has 3 aromatic rings. The highest BCUT2D eigenvalue weighted by molar-refractivity contribution is 9.10. The highest BCUT2D eigenvalue weighted by atomic mass is 79.9. The number of carbonyl (C=O) groups excluding carboxylic acids is 1. The second-order valence-electron chi connectivity index (χ2n) is 4.66. The number of nitrogens with zero attached hydrogens (tertiary/aromatic N) is 4. The summed E-state index contributed by atoms with van der Waals surface area (Å²) in [6.07, 6.45) is 5.18. The van der Waals surface area contributed by atoms with Crippen molar-refractivity contribution in [3.63, 3.8) is 0 Å². The summed E-state index contributed by atoms with van der Waals surface area (Å²) in [6, 6.07) is 1.77. The van der Waals surface area contributed by atoms with Gasteiger partial charge < -0.3 is 4.74 Å². The zero-order chi connectivity index (χ0) is 15.1. The molecule has 0 saturated carbocycles. The lowest BCUT2D eigenvalue weighted by molar-refractivity contribution is 0.0600. The van der Waals surface area contributed by atoms with Gasteiger partial charge in [-0.3, -0.25) is 8.97 Å². The largest absolute Gasteiger partial charge is 0.465 e. The van der Waals surface area contributed by atoms with Gasteiger partial charge in [-0.15, -0.1) is 0 Å². The van der Waals surface area contributed by atoms with E-state index in [9.17, 15) is 4.79 Å². The van der Waals surface area contributed by atoms with Gasteiger partial charge in [0.1, 0.15) is 10.4 Å². The summed E-state index contributed by atoms with van der Waals surface area (Å²) in [5.74, 6) is 0.435. The molecule has 0 fully saturated rings. The van der Waals surface area contributed by atoms with Gasteiger partial charge in [0, 0.05) is 18.1 Å². The number of aryl methyl sites for hydroxylation is 2. The number of esters is 1.